The van der Waals surface area contributed by atoms with Gasteiger partial charge in [-0.05, 0) is 30.3 Å². The Balaban J connectivity index is 1.99. The van der Waals surface area contributed by atoms with Gasteiger partial charge >= 0.3 is 0 Å². The summed E-state index contributed by atoms with van der Waals surface area (Å²) < 4.78 is 28.0. The molecule has 0 aliphatic heterocycles. The maximum Gasteiger partial charge on any atom is 0.263 e. The van der Waals surface area contributed by atoms with Gasteiger partial charge in [-0.25, -0.2) is 13.4 Å². The van der Waals surface area contributed by atoms with Crippen LogP contribution in [0, 0.1) is 0 Å². The maximum atomic E-state index is 12.3. The Morgan fingerprint density at radius 1 is 1.15 bits per heavy atom. The van der Waals surface area contributed by atoms with Crippen molar-refractivity contribution in [3.8, 4) is 0 Å². The number of aromatic nitrogens is 1. The standard InChI is InChI=1S/C13H9ClN2O2S2/c14-10-3-1-2-4-13(10)20(17,18)16-9-5-6-11-12(7-9)19-8-15-11/h1-8,16H. The molecule has 0 saturated heterocycles. The lowest BCUT2D eigenvalue weighted by atomic mass is 10.3. The van der Waals surface area contributed by atoms with Crippen LogP contribution in [0.4, 0.5) is 5.69 Å². The van der Waals surface area contributed by atoms with Crippen LogP contribution < -0.4 is 4.72 Å². The quantitative estimate of drug-likeness (QED) is 0.798. The van der Waals surface area contributed by atoms with E-state index < -0.39 is 10.0 Å². The predicted molar refractivity (Wildman–Crippen MR) is 81.9 cm³/mol. The number of anilines is 1. The number of fused-ring (bicyclic) bond motifs is 1. The Kier molecular flexibility index (Phi) is 3.37. The summed E-state index contributed by atoms with van der Waals surface area (Å²) in [5, 5.41) is 0.193. The van der Waals surface area contributed by atoms with Crippen LogP contribution in [0.25, 0.3) is 10.2 Å². The van der Waals surface area contributed by atoms with Crippen molar-refractivity contribution >= 4 is 48.9 Å². The molecule has 3 rings (SSSR count). The molecule has 0 radical (unpaired) electrons. The van der Waals surface area contributed by atoms with Crippen molar-refractivity contribution in [2.75, 3.05) is 4.72 Å². The smallest absolute Gasteiger partial charge is 0.263 e. The van der Waals surface area contributed by atoms with Gasteiger partial charge < -0.3 is 0 Å². The van der Waals surface area contributed by atoms with Gasteiger partial charge in [-0.2, -0.15) is 0 Å². The van der Waals surface area contributed by atoms with E-state index in [1.165, 1.54) is 17.4 Å². The minimum Gasteiger partial charge on any atom is -0.280 e. The van der Waals surface area contributed by atoms with Gasteiger partial charge in [0.05, 0.1) is 26.4 Å². The second kappa shape index (κ2) is 5.05. The van der Waals surface area contributed by atoms with E-state index in [2.05, 4.69) is 9.71 Å². The average Bonchev–Trinajstić information content (AvgIpc) is 2.86. The molecule has 0 saturated carbocycles. The van der Waals surface area contributed by atoms with E-state index >= 15 is 0 Å². The van der Waals surface area contributed by atoms with Gasteiger partial charge in [0.15, 0.2) is 0 Å². The SMILES string of the molecule is O=S(=O)(Nc1ccc2ncsc2c1)c1ccccc1Cl. The van der Waals surface area contributed by atoms with Crippen molar-refractivity contribution in [2.45, 2.75) is 4.90 Å². The summed E-state index contributed by atoms with van der Waals surface area (Å²) in [4.78, 5) is 4.21. The second-order valence-corrected chi connectivity index (χ2v) is 7.02. The maximum absolute atomic E-state index is 12.3. The van der Waals surface area contributed by atoms with Crippen molar-refractivity contribution in [3.63, 3.8) is 0 Å². The summed E-state index contributed by atoms with van der Waals surface area (Å²) in [6.45, 7) is 0. The lowest BCUT2D eigenvalue weighted by molar-refractivity contribution is 0.601. The molecule has 0 atom stereocenters. The average molecular weight is 325 g/mol. The summed E-state index contributed by atoms with van der Waals surface area (Å²) in [5.74, 6) is 0. The molecule has 102 valence electrons. The molecule has 1 N–H and O–H groups in total. The van der Waals surface area contributed by atoms with Crippen LogP contribution in [-0.4, -0.2) is 13.4 Å². The van der Waals surface area contributed by atoms with Crippen LogP contribution in [0.1, 0.15) is 0 Å². The van der Waals surface area contributed by atoms with Crippen LogP contribution in [0.5, 0.6) is 0 Å². The van der Waals surface area contributed by atoms with Gasteiger partial charge in [0.2, 0.25) is 0 Å². The van der Waals surface area contributed by atoms with E-state index in [1.54, 1.807) is 41.9 Å². The Bertz CT molecular complexity index is 875. The van der Waals surface area contributed by atoms with Gasteiger partial charge in [0.25, 0.3) is 10.0 Å². The molecule has 20 heavy (non-hydrogen) atoms. The highest BCUT2D eigenvalue weighted by Gasteiger charge is 2.17. The Hall–Kier alpha value is -1.63. The van der Waals surface area contributed by atoms with Gasteiger partial charge in [-0.3, -0.25) is 4.72 Å². The lowest BCUT2D eigenvalue weighted by Gasteiger charge is -2.09. The van der Waals surface area contributed by atoms with Crippen LogP contribution in [0.3, 0.4) is 0 Å². The zero-order valence-corrected chi connectivity index (χ0v) is 12.5. The van der Waals surface area contributed by atoms with Crippen LogP contribution >= 0.6 is 22.9 Å². The number of sulfonamides is 1. The summed E-state index contributed by atoms with van der Waals surface area (Å²) in [7, 11) is -3.69. The molecule has 0 fully saturated rings. The van der Waals surface area contributed by atoms with Crippen molar-refractivity contribution in [3.05, 3.63) is 53.0 Å². The molecule has 0 aliphatic carbocycles. The van der Waals surface area contributed by atoms with Crippen LogP contribution in [0.2, 0.25) is 5.02 Å². The van der Waals surface area contributed by atoms with E-state index in [1.807, 2.05) is 0 Å². The zero-order chi connectivity index (χ0) is 14.2. The van der Waals surface area contributed by atoms with Gasteiger partial charge in [0, 0.05) is 0 Å². The normalized spacial score (nSPS) is 11.7. The molecule has 0 bridgehead atoms. The van der Waals surface area contributed by atoms with Crippen molar-refractivity contribution in [1.82, 2.24) is 4.98 Å². The molecule has 0 unspecified atom stereocenters. The number of rotatable bonds is 3. The first-order chi connectivity index (χ1) is 9.56. The monoisotopic (exact) mass is 324 g/mol. The molecular weight excluding hydrogens is 316 g/mol. The van der Waals surface area contributed by atoms with Crippen LogP contribution in [0.15, 0.2) is 52.9 Å². The molecule has 0 amide bonds. The molecule has 1 heterocycles. The molecular formula is C13H9ClN2O2S2. The van der Waals surface area contributed by atoms with Crippen molar-refractivity contribution < 1.29 is 8.42 Å². The van der Waals surface area contributed by atoms with E-state index in [0.29, 0.717) is 5.69 Å². The highest BCUT2D eigenvalue weighted by atomic mass is 35.5. The molecule has 2 aromatic carbocycles. The molecule has 1 aromatic heterocycles. The Morgan fingerprint density at radius 3 is 2.75 bits per heavy atom. The zero-order valence-electron chi connectivity index (χ0n) is 10.1. The highest BCUT2D eigenvalue weighted by molar-refractivity contribution is 7.92. The number of halogens is 1. The first kappa shape index (κ1) is 13.4. The minimum absolute atomic E-state index is 0.0612. The number of nitrogens with zero attached hydrogens (tertiary/aromatic N) is 1. The first-order valence-electron chi connectivity index (χ1n) is 5.67. The third-order valence-electron chi connectivity index (χ3n) is 2.71. The number of hydrogen-bond donors (Lipinski definition) is 1. The topological polar surface area (TPSA) is 59.1 Å². The third kappa shape index (κ3) is 2.49. The lowest BCUT2D eigenvalue weighted by Crippen LogP contribution is -2.13. The summed E-state index contributed by atoms with van der Waals surface area (Å²) in [5.41, 5.74) is 3.05. The minimum atomic E-state index is -3.69. The predicted octanol–water partition coefficient (Wildman–Crippen LogP) is 3.75. The third-order valence-corrected chi connectivity index (χ3v) is 5.38. The van der Waals surface area contributed by atoms with Gasteiger partial charge in [-0.15, -0.1) is 11.3 Å². The number of benzene rings is 2. The fourth-order valence-electron chi connectivity index (χ4n) is 1.79. The Labute approximate surface area is 125 Å². The molecule has 0 spiro atoms. The fraction of sp³-hybridized carbons (Fsp3) is 0. The number of thiazole rings is 1. The molecule has 0 aliphatic rings. The largest absolute Gasteiger partial charge is 0.280 e. The summed E-state index contributed by atoms with van der Waals surface area (Å²) in [6.07, 6.45) is 0. The van der Waals surface area contributed by atoms with Gasteiger partial charge in [-0.1, -0.05) is 23.7 Å². The van der Waals surface area contributed by atoms with E-state index in [9.17, 15) is 8.42 Å². The number of hydrogen-bond acceptors (Lipinski definition) is 4. The van der Waals surface area contributed by atoms with Crippen LogP contribution in [-0.2, 0) is 10.0 Å². The van der Waals surface area contributed by atoms with E-state index in [4.69, 9.17) is 11.6 Å². The Morgan fingerprint density at radius 2 is 1.95 bits per heavy atom. The summed E-state index contributed by atoms with van der Waals surface area (Å²) >= 11 is 7.38. The first-order valence-corrected chi connectivity index (χ1v) is 8.41. The molecule has 4 nitrogen and oxygen atoms in total. The van der Waals surface area contributed by atoms with Crippen molar-refractivity contribution in [2.24, 2.45) is 0 Å². The van der Waals surface area contributed by atoms with E-state index in [-0.39, 0.29) is 9.92 Å². The second-order valence-electron chi connectivity index (χ2n) is 4.07. The number of nitrogens with one attached hydrogen (secondary N) is 1. The fourth-order valence-corrected chi connectivity index (χ4v) is 4.08. The highest BCUT2D eigenvalue weighted by Crippen LogP contribution is 2.26. The summed E-state index contributed by atoms with van der Waals surface area (Å²) in [6, 6.07) is 11.5. The van der Waals surface area contributed by atoms with Crippen molar-refractivity contribution in [1.29, 1.82) is 0 Å². The molecule has 3 aromatic rings. The molecule has 7 heteroatoms. The van der Waals surface area contributed by atoms with E-state index in [0.717, 1.165) is 10.2 Å². The van der Waals surface area contributed by atoms with Gasteiger partial charge in [0.1, 0.15) is 4.90 Å².